The van der Waals surface area contributed by atoms with Gasteiger partial charge in [-0.2, -0.15) is 0 Å². The summed E-state index contributed by atoms with van der Waals surface area (Å²) in [5, 5.41) is 0. The Labute approximate surface area is 66.0 Å². The maximum absolute atomic E-state index is 10.7. The van der Waals surface area contributed by atoms with Gasteiger partial charge in [0.25, 0.3) is 0 Å². The van der Waals surface area contributed by atoms with Gasteiger partial charge in [0.1, 0.15) is 5.78 Å². The molecule has 0 saturated heterocycles. The minimum absolute atomic E-state index is 0.0213. The summed E-state index contributed by atoms with van der Waals surface area (Å²) in [5.41, 5.74) is 6.47. The molecule has 0 unspecified atom stereocenters. The number of hydrogen-bond acceptors (Lipinski definition) is 3. The lowest BCUT2D eigenvalue weighted by atomic mass is 10.1. The number of rotatable bonds is 3. The lowest BCUT2D eigenvalue weighted by molar-refractivity contribution is -0.118. The summed E-state index contributed by atoms with van der Waals surface area (Å²) in [6.45, 7) is 1.50. The van der Waals surface area contributed by atoms with E-state index in [4.69, 9.17) is 5.73 Å². The number of ketones is 1. The fourth-order valence-electron chi connectivity index (χ4n) is 0.916. The van der Waals surface area contributed by atoms with Crippen LogP contribution in [0, 0.1) is 0 Å². The van der Waals surface area contributed by atoms with Crippen molar-refractivity contribution in [1.29, 1.82) is 0 Å². The zero-order chi connectivity index (χ0) is 8.27. The van der Waals surface area contributed by atoms with Crippen LogP contribution in [0.4, 0.5) is 0 Å². The van der Waals surface area contributed by atoms with E-state index in [9.17, 15) is 4.79 Å². The first kappa shape index (κ1) is 8.14. The normalized spacial score (nSPS) is 18.2. The molecule has 0 amide bonds. The number of Topliss-reactive ketones (excluding diaryl/α,β-unsaturated/α-hetero) is 1. The Bertz CT molecular complexity index is 218. The van der Waals surface area contributed by atoms with Gasteiger partial charge in [0, 0.05) is 24.8 Å². The van der Waals surface area contributed by atoms with Crippen molar-refractivity contribution in [3.05, 3.63) is 11.8 Å². The van der Waals surface area contributed by atoms with E-state index in [0.717, 1.165) is 12.1 Å². The monoisotopic (exact) mass is 152 g/mol. The van der Waals surface area contributed by atoms with Crippen LogP contribution in [0.3, 0.4) is 0 Å². The van der Waals surface area contributed by atoms with E-state index in [1.54, 1.807) is 0 Å². The Morgan fingerprint density at radius 1 is 1.91 bits per heavy atom. The van der Waals surface area contributed by atoms with Crippen LogP contribution in [0.25, 0.3) is 0 Å². The summed E-state index contributed by atoms with van der Waals surface area (Å²) in [5.74, 6) is 0.0213. The molecular formula is C8H12N2O. The van der Waals surface area contributed by atoms with Crippen molar-refractivity contribution in [1.82, 2.24) is 0 Å². The van der Waals surface area contributed by atoms with Gasteiger partial charge in [-0.3, -0.25) is 9.79 Å². The molecule has 0 aromatic heterocycles. The molecule has 1 aliphatic rings. The molecule has 0 aromatic rings. The molecule has 0 aromatic carbocycles. The average Bonchev–Trinajstić information content (AvgIpc) is 2.39. The first-order valence-corrected chi connectivity index (χ1v) is 3.67. The lowest BCUT2D eigenvalue weighted by Crippen LogP contribution is -2.28. The van der Waals surface area contributed by atoms with Crippen LogP contribution in [0.2, 0.25) is 0 Å². The maximum Gasteiger partial charge on any atom is 0.146 e. The average molecular weight is 152 g/mol. The summed E-state index contributed by atoms with van der Waals surface area (Å²) >= 11 is 0. The molecule has 3 nitrogen and oxygen atoms in total. The van der Waals surface area contributed by atoms with Gasteiger partial charge in [-0.15, -0.1) is 0 Å². The number of carbonyl (C=O) groups excluding carboxylic acids is 1. The van der Waals surface area contributed by atoms with Gasteiger partial charge < -0.3 is 5.73 Å². The minimum Gasteiger partial charge on any atom is -0.321 e. The van der Waals surface area contributed by atoms with Crippen LogP contribution in [-0.2, 0) is 4.79 Å². The van der Waals surface area contributed by atoms with Gasteiger partial charge in [-0.05, 0) is 6.92 Å². The van der Waals surface area contributed by atoms with E-state index in [1.165, 1.54) is 6.92 Å². The van der Waals surface area contributed by atoms with Gasteiger partial charge >= 0.3 is 0 Å². The minimum atomic E-state index is -0.378. The van der Waals surface area contributed by atoms with Crippen molar-refractivity contribution in [2.75, 3.05) is 0 Å². The summed E-state index contributed by atoms with van der Waals surface area (Å²) in [7, 11) is 0. The first-order valence-electron chi connectivity index (χ1n) is 3.67. The van der Waals surface area contributed by atoms with Gasteiger partial charge in [-0.1, -0.05) is 6.08 Å². The number of nitrogens with two attached hydrogens (primary N) is 1. The second-order valence-electron chi connectivity index (χ2n) is 2.66. The summed E-state index contributed by atoms with van der Waals surface area (Å²) in [4.78, 5) is 14.8. The van der Waals surface area contributed by atoms with Crippen LogP contribution in [-0.4, -0.2) is 18.0 Å². The van der Waals surface area contributed by atoms with E-state index in [0.29, 0.717) is 6.42 Å². The number of nitrogens with zero attached hydrogens (tertiary/aromatic N) is 1. The number of aliphatic imine (C=N–C) groups is 1. The highest BCUT2D eigenvalue weighted by Crippen LogP contribution is 2.11. The molecule has 0 bridgehead atoms. The highest BCUT2D eigenvalue weighted by Gasteiger charge is 2.10. The Balaban J connectivity index is 2.42. The lowest BCUT2D eigenvalue weighted by Gasteiger charge is -2.05. The zero-order valence-corrected chi connectivity index (χ0v) is 6.58. The molecule has 60 valence electrons. The van der Waals surface area contributed by atoms with Crippen LogP contribution in [0.1, 0.15) is 19.8 Å². The second-order valence-corrected chi connectivity index (χ2v) is 2.66. The highest BCUT2D eigenvalue weighted by atomic mass is 16.1. The van der Waals surface area contributed by atoms with Gasteiger partial charge in [-0.25, -0.2) is 0 Å². The Hall–Kier alpha value is -0.960. The van der Waals surface area contributed by atoms with Crippen molar-refractivity contribution < 1.29 is 4.79 Å². The third-order valence-corrected chi connectivity index (χ3v) is 1.67. The molecule has 1 heterocycles. The van der Waals surface area contributed by atoms with E-state index in [1.807, 2.05) is 12.3 Å². The molecule has 2 N–H and O–H groups in total. The van der Waals surface area contributed by atoms with Crippen molar-refractivity contribution in [3.8, 4) is 0 Å². The van der Waals surface area contributed by atoms with Crippen LogP contribution >= 0.6 is 0 Å². The van der Waals surface area contributed by atoms with Crippen molar-refractivity contribution in [3.63, 3.8) is 0 Å². The predicted molar refractivity (Wildman–Crippen MR) is 44.5 cm³/mol. The molecule has 11 heavy (non-hydrogen) atoms. The maximum atomic E-state index is 10.7. The molecule has 1 atom stereocenters. The SMILES string of the molecule is CC(=O)[C@@H](N)CC1=CCC=N1. The Kier molecular flexibility index (Phi) is 2.54. The third kappa shape index (κ3) is 2.27. The topological polar surface area (TPSA) is 55.5 Å². The number of hydrogen-bond donors (Lipinski definition) is 1. The standard InChI is InChI=1S/C8H12N2O/c1-6(11)8(9)5-7-3-2-4-10-7/h3-4,8H,2,5,9H2,1H3/t8-/m0/s1. The quantitative estimate of drug-likeness (QED) is 0.645. The van der Waals surface area contributed by atoms with Crippen molar-refractivity contribution in [2.24, 2.45) is 10.7 Å². The van der Waals surface area contributed by atoms with E-state index < -0.39 is 0 Å². The second kappa shape index (κ2) is 3.44. The predicted octanol–water partition coefficient (Wildman–Crippen LogP) is 0.651. The fraction of sp³-hybridized carbons (Fsp3) is 0.500. The van der Waals surface area contributed by atoms with Gasteiger partial charge in [0.15, 0.2) is 0 Å². The number of allylic oxidation sites excluding steroid dienone is 1. The molecule has 1 aliphatic heterocycles. The molecule has 0 aliphatic carbocycles. The smallest absolute Gasteiger partial charge is 0.146 e. The first-order chi connectivity index (χ1) is 5.20. The molecule has 0 spiro atoms. The molecule has 0 saturated carbocycles. The third-order valence-electron chi connectivity index (χ3n) is 1.67. The summed E-state index contributed by atoms with van der Waals surface area (Å²) < 4.78 is 0. The summed E-state index contributed by atoms with van der Waals surface area (Å²) in [6.07, 6.45) is 5.26. The molecule has 1 rings (SSSR count). The van der Waals surface area contributed by atoms with E-state index in [2.05, 4.69) is 4.99 Å². The summed E-state index contributed by atoms with van der Waals surface area (Å²) in [6, 6.07) is -0.378. The van der Waals surface area contributed by atoms with Crippen LogP contribution in [0.5, 0.6) is 0 Å². The fourth-order valence-corrected chi connectivity index (χ4v) is 0.916. The van der Waals surface area contributed by atoms with Crippen molar-refractivity contribution in [2.45, 2.75) is 25.8 Å². The van der Waals surface area contributed by atoms with Crippen molar-refractivity contribution >= 4 is 12.0 Å². The Morgan fingerprint density at radius 3 is 3.09 bits per heavy atom. The number of carbonyl (C=O) groups is 1. The molecule has 0 radical (unpaired) electrons. The van der Waals surface area contributed by atoms with Crippen LogP contribution < -0.4 is 5.73 Å². The molecular weight excluding hydrogens is 140 g/mol. The van der Waals surface area contributed by atoms with Gasteiger partial charge in [0.2, 0.25) is 0 Å². The molecule has 0 fully saturated rings. The zero-order valence-electron chi connectivity index (χ0n) is 6.58. The largest absolute Gasteiger partial charge is 0.321 e. The van der Waals surface area contributed by atoms with E-state index in [-0.39, 0.29) is 11.8 Å². The highest BCUT2D eigenvalue weighted by molar-refractivity contribution is 5.81. The Morgan fingerprint density at radius 2 is 2.64 bits per heavy atom. The molecule has 3 heteroatoms. The van der Waals surface area contributed by atoms with E-state index >= 15 is 0 Å². The van der Waals surface area contributed by atoms with Crippen LogP contribution in [0.15, 0.2) is 16.8 Å². The van der Waals surface area contributed by atoms with Gasteiger partial charge in [0.05, 0.1) is 6.04 Å².